The van der Waals surface area contributed by atoms with Crippen molar-refractivity contribution in [2.45, 2.75) is 32.4 Å². The molecule has 0 unspecified atom stereocenters. The van der Waals surface area contributed by atoms with Gasteiger partial charge in [-0.3, -0.25) is 19.1 Å². The van der Waals surface area contributed by atoms with Crippen molar-refractivity contribution in [3.63, 3.8) is 0 Å². The molecule has 0 aromatic carbocycles. The Morgan fingerprint density at radius 3 is 2.74 bits per heavy atom. The van der Waals surface area contributed by atoms with E-state index in [4.69, 9.17) is 4.74 Å². The van der Waals surface area contributed by atoms with Crippen LogP contribution in [0.4, 0.5) is 0 Å². The van der Waals surface area contributed by atoms with Crippen LogP contribution >= 0.6 is 0 Å². The molecule has 9 nitrogen and oxygen atoms in total. The van der Waals surface area contributed by atoms with Crippen LogP contribution < -0.4 is 10.3 Å². The molecule has 160 valence electrons. The molecule has 31 heavy (non-hydrogen) atoms. The van der Waals surface area contributed by atoms with Gasteiger partial charge in [0.2, 0.25) is 5.88 Å². The second-order valence-corrected chi connectivity index (χ2v) is 8.02. The monoisotopic (exact) mass is 420 g/mol. The maximum absolute atomic E-state index is 12.9. The highest BCUT2D eigenvalue weighted by Crippen LogP contribution is 2.26. The fraction of sp³-hybridized carbons (Fsp3) is 0.409. The van der Waals surface area contributed by atoms with Crippen LogP contribution in [0, 0.1) is 5.92 Å². The Hall–Kier alpha value is -3.49. The van der Waals surface area contributed by atoms with Crippen LogP contribution in [0.15, 0.2) is 47.9 Å². The molecule has 1 saturated heterocycles. The molecule has 2 aliphatic rings. The Morgan fingerprint density at radius 2 is 1.97 bits per heavy atom. The zero-order valence-electron chi connectivity index (χ0n) is 17.2. The molecule has 0 N–H and O–H groups in total. The molecule has 1 fully saturated rings. The molecule has 9 heteroatoms. The van der Waals surface area contributed by atoms with Crippen molar-refractivity contribution < 1.29 is 9.53 Å². The van der Waals surface area contributed by atoms with Gasteiger partial charge in [-0.1, -0.05) is 0 Å². The first kappa shape index (κ1) is 19.5. The van der Waals surface area contributed by atoms with E-state index in [1.807, 2.05) is 17.0 Å². The zero-order chi connectivity index (χ0) is 21.2. The summed E-state index contributed by atoms with van der Waals surface area (Å²) in [5.41, 5.74) is 2.00. The van der Waals surface area contributed by atoms with Crippen molar-refractivity contribution >= 4 is 5.91 Å². The average Bonchev–Trinajstić information content (AvgIpc) is 3.25. The number of amides is 1. The number of pyridine rings is 1. The molecule has 3 aromatic heterocycles. The smallest absolute Gasteiger partial charge is 0.260 e. The number of carbonyl (C=O) groups is 1. The van der Waals surface area contributed by atoms with E-state index in [9.17, 15) is 9.59 Å². The highest BCUT2D eigenvalue weighted by Gasteiger charge is 2.29. The van der Waals surface area contributed by atoms with Gasteiger partial charge in [-0.25, -0.2) is 9.67 Å². The van der Waals surface area contributed by atoms with E-state index < -0.39 is 0 Å². The second-order valence-electron chi connectivity index (χ2n) is 8.02. The molecular formula is C22H24N6O3. The Labute approximate surface area is 179 Å². The lowest BCUT2D eigenvalue weighted by Crippen LogP contribution is -2.40. The van der Waals surface area contributed by atoms with Crippen LogP contribution in [0.3, 0.4) is 0 Å². The molecule has 5 rings (SSSR count). The zero-order valence-corrected chi connectivity index (χ0v) is 17.2. The van der Waals surface area contributed by atoms with Gasteiger partial charge in [0.05, 0.1) is 24.8 Å². The topological polar surface area (TPSA) is 95.1 Å². The molecule has 0 spiro atoms. The maximum Gasteiger partial charge on any atom is 0.260 e. The predicted molar refractivity (Wildman–Crippen MR) is 113 cm³/mol. The maximum atomic E-state index is 12.9. The minimum atomic E-state index is -0.0658. The first-order chi connectivity index (χ1) is 15.2. The number of aromatic nitrogens is 5. The summed E-state index contributed by atoms with van der Waals surface area (Å²) in [6, 6.07) is 5.24. The van der Waals surface area contributed by atoms with E-state index in [-0.39, 0.29) is 11.5 Å². The van der Waals surface area contributed by atoms with Gasteiger partial charge >= 0.3 is 0 Å². The molecule has 0 aliphatic carbocycles. The van der Waals surface area contributed by atoms with Crippen LogP contribution in [0.25, 0.3) is 11.3 Å². The SMILES string of the molecule is O=C(c1cnn2c1OCCC2)N1CCC(Cn2cnc(-c3ccncc3)cc2=O)CC1. The van der Waals surface area contributed by atoms with E-state index in [1.165, 1.54) is 0 Å². The van der Waals surface area contributed by atoms with Gasteiger partial charge in [0.15, 0.2) is 0 Å². The number of fused-ring (bicyclic) bond motifs is 1. The third-order valence-electron chi connectivity index (χ3n) is 5.99. The van der Waals surface area contributed by atoms with Gasteiger partial charge in [0, 0.05) is 56.6 Å². The lowest BCUT2D eigenvalue weighted by Gasteiger charge is -2.32. The van der Waals surface area contributed by atoms with Crippen molar-refractivity contribution in [1.82, 2.24) is 29.2 Å². The third-order valence-corrected chi connectivity index (χ3v) is 5.99. The number of likely N-dealkylation sites (tertiary alicyclic amines) is 1. The van der Waals surface area contributed by atoms with E-state index in [0.717, 1.165) is 31.4 Å². The molecule has 0 saturated carbocycles. The molecule has 3 aromatic rings. The largest absolute Gasteiger partial charge is 0.477 e. The Bertz CT molecular complexity index is 1130. The van der Waals surface area contributed by atoms with Crippen LogP contribution in [0.5, 0.6) is 5.88 Å². The van der Waals surface area contributed by atoms with Gasteiger partial charge in [-0.15, -0.1) is 0 Å². The fourth-order valence-electron chi connectivity index (χ4n) is 4.23. The molecule has 5 heterocycles. The minimum Gasteiger partial charge on any atom is -0.477 e. The predicted octanol–water partition coefficient (Wildman–Crippen LogP) is 1.84. The molecular weight excluding hydrogens is 396 g/mol. The molecule has 0 bridgehead atoms. The standard InChI is InChI=1S/C22H24N6O3/c29-20-12-19(17-2-6-23-7-3-17)24-15-27(20)14-16-4-9-26(10-5-16)21(30)18-13-25-28-8-1-11-31-22(18)28/h2-3,6-7,12-13,15-16H,1,4-5,8-11,14H2. The van der Waals surface area contributed by atoms with E-state index in [1.54, 1.807) is 40.2 Å². The number of carbonyl (C=O) groups excluding carboxylic acids is 1. The summed E-state index contributed by atoms with van der Waals surface area (Å²) in [6.45, 7) is 3.33. The van der Waals surface area contributed by atoms with Crippen molar-refractivity contribution in [2.24, 2.45) is 5.92 Å². The first-order valence-electron chi connectivity index (χ1n) is 10.6. The van der Waals surface area contributed by atoms with Gasteiger partial charge in [0.25, 0.3) is 11.5 Å². The van der Waals surface area contributed by atoms with Crippen molar-refractivity contribution in [1.29, 1.82) is 0 Å². The van der Waals surface area contributed by atoms with Crippen molar-refractivity contribution in [2.75, 3.05) is 19.7 Å². The fourth-order valence-corrected chi connectivity index (χ4v) is 4.23. The third kappa shape index (κ3) is 3.95. The first-order valence-corrected chi connectivity index (χ1v) is 10.6. The lowest BCUT2D eigenvalue weighted by molar-refractivity contribution is 0.0675. The summed E-state index contributed by atoms with van der Waals surface area (Å²) in [5.74, 6) is 0.889. The average molecular weight is 420 g/mol. The van der Waals surface area contributed by atoms with Gasteiger partial charge in [-0.05, 0) is 30.9 Å². The van der Waals surface area contributed by atoms with E-state index in [2.05, 4.69) is 15.1 Å². The number of rotatable bonds is 4. The minimum absolute atomic E-state index is 0.0258. The molecule has 1 amide bonds. The molecule has 0 atom stereocenters. The number of piperidine rings is 1. The molecule has 0 radical (unpaired) electrons. The normalized spacial score (nSPS) is 16.6. The van der Waals surface area contributed by atoms with Crippen LogP contribution in [-0.2, 0) is 13.1 Å². The number of aryl methyl sites for hydroxylation is 1. The Balaban J connectivity index is 1.21. The van der Waals surface area contributed by atoms with Gasteiger partial charge in [-0.2, -0.15) is 5.10 Å². The second kappa shape index (κ2) is 8.33. The van der Waals surface area contributed by atoms with Crippen LogP contribution in [0.1, 0.15) is 29.6 Å². The summed E-state index contributed by atoms with van der Waals surface area (Å²) in [6.07, 6.45) is 9.19. The number of nitrogens with zero attached hydrogens (tertiary/aromatic N) is 6. The van der Waals surface area contributed by atoms with Gasteiger partial charge in [0.1, 0.15) is 5.56 Å². The Morgan fingerprint density at radius 1 is 1.16 bits per heavy atom. The van der Waals surface area contributed by atoms with Crippen molar-refractivity contribution in [3.8, 4) is 17.1 Å². The van der Waals surface area contributed by atoms with Crippen LogP contribution in [0.2, 0.25) is 0 Å². The number of ether oxygens (including phenoxy) is 1. The molecule has 2 aliphatic heterocycles. The number of hydrogen-bond donors (Lipinski definition) is 0. The Kier molecular flexibility index (Phi) is 5.23. The van der Waals surface area contributed by atoms with E-state index >= 15 is 0 Å². The summed E-state index contributed by atoms with van der Waals surface area (Å²) in [5, 5.41) is 4.28. The van der Waals surface area contributed by atoms with Crippen molar-refractivity contribution in [3.05, 3.63) is 59.0 Å². The number of hydrogen-bond acceptors (Lipinski definition) is 6. The van der Waals surface area contributed by atoms with Gasteiger partial charge < -0.3 is 9.64 Å². The van der Waals surface area contributed by atoms with Crippen LogP contribution in [-0.4, -0.2) is 54.8 Å². The highest BCUT2D eigenvalue weighted by molar-refractivity contribution is 5.96. The summed E-state index contributed by atoms with van der Waals surface area (Å²) in [4.78, 5) is 35.8. The quantitative estimate of drug-likeness (QED) is 0.639. The summed E-state index contributed by atoms with van der Waals surface area (Å²) < 4.78 is 9.09. The van der Waals surface area contributed by atoms with E-state index in [0.29, 0.717) is 49.3 Å². The summed E-state index contributed by atoms with van der Waals surface area (Å²) in [7, 11) is 0. The highest BCUT2D eigenvalue weighted by atomic mass is 16.5. The lowest BCUT2D eigenvalue weighted by atomic mass is 9.96. The summed E-state index contributed by atoms with van der Waals surface area (Å²) >= 11 is 0.